The van der Waals surface area contributed by atoms with Crippen LogP contribution < -0.4 is 5.32 Å². The van der Waals surface area contributed by atoms with Gasteiger partial charge in [0.1, 0.15) is 0 Å². The number of piperidine rings is 1. The van der Waals surface area contributed by atoms with E-state index in [2.05, 4.69) is 58.7 Å². The fraction of sp³-hybridized carbons (Fsp3) is 0.455. The predicted octanol–water partition coefficient (Wildman–Crippen LogP) is 3.44. The van der Waals surface area contributed by atoms with Gasteiger partial charge in [-0.1, -0.05) is 42.5 Å². The number of nitrogens with zero attached hydrogens (tertiary/aromatic N) is 1. The summed E-state index contributed by atoms with van der Waals surface area (Å²) in [6, 6.07) is 17.5. The maximum absolute atomic E-state index is 10.8. The molecule has 2 aromatic carbocycles. The van der Waals surface area contributed by atoms with Gasteiger partial charge in [-0.15, -0.1) is 0 Å². The van der Waals surface area contributed by atoms with E-state index in [4.69, 9.17) is 0 Å². The van der Waals surface area contributed by atoms with Crippen LogP contribution in [0.1, 0.15) is 35.4 Å². The zero-order valence-electron chi connectivity index (χ0n) is 15.0. The molecule has 25 heavy (non-hydrogen) atoms. The number of fused-ring (bicyclic) bond motifs is 1. The van der Waals surface area contributed by atoms with Gasteiger partial charge in [-0.25, -0.2) is 0 Å². The topological polar surface area (TPSA) is 35.5 Å². The van der Waals surface area contributed by atoms with E-state index >= 15 is 0 Å². The Labute approximate surface area is 150 Å². The summed E-state index contributed by atoms with van der Waals surface area (Å²) >= 11 is 0. The standard InChI is InChI=1S/C22H28N2O/c1-23-20-9-5-8-18-14-22(25)21(15-19(18)20)24-12-10-17(11-13-24)16-6-3-2-4-7-16/h2-9,17,21-23,25H,10-15H2,1H3. The average molecular weight is 336 g/mol. The van der Waals surface area contributed by atoms with Gasteiger partial charge in [0.15, 0.2) is 0 Å². The minimum Gasteiger partial charge on any atom is -0.391 e. The van der Waals surface area contributed by atoms with E-state index in [9.17, 15) is 5.11 Å². The third-order valence-electron chi connectivity index (χ3n) is 6.10. The number of rotatable bonds is 3. The normalized spacial score (nSPS) is 24.7. The zero-order chi connectivity index (χ0) is 17.2. The Morgan fingerprint density at radius 3 is 2.44 bits per heavy atom. The first-order valence-corrected chi connectivity index (χ1v) is 9.52. The number of hydrogen-bond acceptors (Lipinski definition) is 3. The maximum atomic E-state index is 10.8. The second kappa shape index (κ2) is 7.19. The molecular weight excluding hydrogens is 308 g/mol. The molecule has 0 amide bonds. The predicted molar refractivity (Wildman–Crippen MR) is 103 cm³/mol. The van der Waals surface area contributed by atoms with Gasteiger partial charge in [0.2, 0.25) is 0 Å². The van der Waals surface area contributed by atoms with Gasteiger partial charge < -0.3 is 10.4 Å². The SMILES string of the molecule is CNc1cccc2c1CC(N1CCC(c3ccccc3)CC1)C(O)C2. The summed E-state index contributed by atoms with van der Waals surface area (Å²) in [5.41, 5.74) is 5.38. The lowest BCUT2D eigenvalue weighted by atomic mass is 9.82. The zero-order valence-corrected chi connectivity index (χ0v) is 15.0. The van der Waals surface area contributed by atoms with E-state index in [1.54, 1.807) is 0 Å². The summed E-state index contributed by atoms with van der Waals surface area (Å²) in [7, 11) is 1.99. The molecule has 0 saturated carbocycles. The fourth-order valence-electron chi connectivity index (χ4n) is 4.67. The molecule has 0 aromatic heterocycles. The molecule has 4 rings (SSSR count). The highest BCUT2D eigenvalue weighted by Crippen LogP contribution is 2.34. The quantitative estimate of drug-likeness (QED) is 0.901. The Hall–Kier alpha value is -1.84. The van der Waals surface area contributed by atoms with Crippen molar-refractivity contribution >= 4 is 5.69 Å². The number of benzene rings is 2. The number of nitrogens with one attached hydrogen (secondary N) is 1. The summed E-state index contributed by atoms with van der Waals surface area (Å²) < 4.78 is 0. The molecule has 3 nitrogen and oxygen atoms in total. The first-order chi connectivity index (χ1) is 12.3. The molecule has 3 heteroatoms. The molecule has 0 bridgehead atoms. The van der Waals surface area contributed by atoms with Gasteiger partial charge in [-0.05, 0) is 61.0 Å². The van der Waals surface area contributed by atoms with Crippen molar-refractivity contribution in [3.63, 3.8) is 0 Å². The summed E-state index contributed by atoms with van der Waals surface area (Å²) in [4.78, 5) is 2.53. The molecule has 2 unspecified atom stereocenters. The molecule has 1 saturated heterocycles. The van der Waals surface area contributed by atoms with Crippen molar-refractivity contribution in [2.75, 3.05) is 25.5 Å². The van der Waals surface area contributed by atoms with Crippen molar-refractivity contribution in [2.45, 2.75) is 43.7 Å². The van der Waals surface area contributed by atoms with Crippen LogP contribution in [0.2, 0.25) is 0 Å². The van der Waals surface area contributed by atoms with Crippen LogP contribution >= 0.6 is 0 Å². The maximum Gasteiger partial charge on any atom is 0.0739 e. The van der Waals surface area contributed by atoms with Crippen LogP contribution in [0.4, 0.5) is 5.69 Å². The van der Waals surface area contributed by atoms with Crippen molar-refractivity contribution < 1.29 is 5.11 Å². The van der Waals surface area contributed by atoms with Crippen LogP contribution in [0.25, 0.3) is 0 Å². The summed E-state index contributed by atoms with van der Waals surface area (Å²) in [5.74, 6) is 0.665. The second-order valence-electron chi connectivity index (χ2n) is 7.46. The third kappa shape index (κ3) is 3.31. The van der Waals surface area contributed by atoms with Gasteiger partial charge in [-0.2, -0.15) is 0 Å². The van der Waals surface area contributed by atoms with Gasteiger partial charge >= 0.3 is 0 Å². The van der Waals surface area contributed by atoms with Gasteiger partial charge in [-0.3, -0.25) is 4.90 Å². The summed E-state index contributed by atoms with van der Waals surface area (Å²) in [6.45, 7) is 2.16. The van der Waals surface area contributed by atoms with E-state index in [0.29, 0.717) is 5.92 Å². The van der Waals surface area contributed by atoms with E-state index in [1.165, 1.54) is 35.2 Å². The van der Waals surface area contributed by atoms with Crippen molar-refractivity contribution in [3.05, 3.63) is 65.2 Å². The van der Waals surface area contributed by atoms with Crippen molar-refractivity contribution in [1.29, 1.82) is 0 Å². The van der Waals surface area contributed by atoms with E-state index in [-0.39, 0.29) is 12.1 Å². The molecule has 2 N–H and O–H groups in total. The highest BCUT2D eigenvalue weighted by atomic mass is 16.3. The third-order valence-corrected chi connectivity index (χ3v) is 6.10. The van der Waals surface area contributed by atoms with Gasteiger partial charge in [0, 0.05) is 25.2 Å². The van der Waals surface area contributed by atoms with Crippen LogP contribution in [0, 0.1) is 0 Å². The average Bonchev–Trinajstić information content (AvgIpc) is 2.68. The Balaban J connectivity index is 1.46. The number of aliphatic hydroxyl groups excluding tert-OH is 1. The van der Waals surface area contributed by atoms with Crippen LogP contribution in [0.3, 0.4) is 0 Å². The molecule has 1 fully saturated rings. The minimum absolute atomic E-state index is 0.249. The number of likely N-dealkylation sites (tertiary alicyclic amines) is 1. The molecule has 2 aliphatic rings. The molecule has 1 heterocycles. The van der Waals surface area contributed by atoms with Gasteiger partial charge in [0.25, 0.3) is 0 Å². The lowest BCUT2D eigenvalue weighted by molar-refractivity contribution is 0.0296. The molecule has 0 radical (unpaired) electrons. The van der Waals surface area contributed by atoms with Crippen LogP contribution in [0.5, 0.6) is 0 Å². The smallest absolute Gasteiger partial charge is 0.0739 e. The Kier molecular flexibility index (Phi) is 4.78. The first-order valence-electron chi connectivity index (χ1n) is 9.52. The Morgan fingerprint density at radius 1 is 0.960 bits per heavy atom. The minimum atomic E-state index is -0.257. The van der Waals surface area contributed by atoms with Crippen molar-refractivity contribution in [1.82, 2.24) is 4.90 Å². The molecule has 1 aliphatic heterocycles. The summed E-state index contributed by atoms with van der Waals surface area (Å²) in [6.07, 6.45) is 3.84. The number of anilines is 1. The van der Waals surface area contributed by atoms with Crippen LogP contribution in [0.15, 0.2) is 48.5 Å². The van der Waals surface area contributed by atoms with Gasteiger partial charge in [0.05, 0.1) is 6.10 Å². The lowest BCUT2D eigenvalue weighted by Gasteiger charge is -2.42. The largest absolute Gasteiger partial charge is 0.391 e. The van der Waals surface area contributed by atoms with Crippen molar-refractivity contribution in [2.24, 2.45) is 0 Å². The highest BCUT2D eigenvalue weighted by molar-refractivity contribution is 5.56. The molecule has 2 atom stereocenters. The monoisotopic (exact) mass is 336 g/mol. The van der Waals surface area contributed by atoms with Crippen molar-refractivity contribution in [3.8, 4) is 0 Å². The van der Waals surface area contributed by atoms with Crippen LogP contribution in [-0.2, 0) is 12.8 Å². The lowest BCUT2D eigenvalue weighted by Crippen LogP contribution is -2.51. The molecule has 0 spiro atoms. The summed E-state index contributed by atoms with van der Waals surface area (Å²) in [5, 5.41) is 14.1. The molecule has 2 aromatic rings. The van der Waals surface area contributed by atoms with E-state index in [1.807, 2.05) is 7.05 Å². The van der Waals surface area contributed by atoms with E-state index < -0.39 is 0 Å². The van der Waals surface area contributed by atoms with Crippen LogP contribution in [-0.4, -0.2) is 42.3 Å². The molecular formula is C22H28N2O. The second-order valence-corrected chi connectivity index (χ2v) is 7.46. The Bertz CT molecular complexity index is 707. The highest BCUT2D eigenvalue weighted by Gasteiger charge is 2.34. The number of aliphatic hydroxyl groups is 1. The Morgan fingerprint density at radius 2 is 1.72 bits per heavy atom. The number of hydrogen-bond donors (Lipinski definition) is 2. The fourth-order valence-corrected chi connectivity index (χ4v) is 4.67. The van der Waals surface area contributed by atoms with E-state index in [0.717, 1.165) is 25.9 Å². The molecule has 132 valence electrons. The first kappa shape index (κ1) is 16.6. The molecule has 1 aliphatic carbocycles.